The summed E-state index contributed by atoms with van der Waals surface area (Å²) in [5, 5.41) is 17.0. The molecule has 0 saturated carbocycles. The molecule has 7 heteroatoms. The van der Waals surface area contributed by atoms with Gasteiger partial charge in [-0.05, 0) is 13.3 Å². The van der Waals surface area contributed by atoms with Crippen molar-refractivity contribution in [1.82, 2.24) is 4.72 Å². The van der Waals surface area contributed by atoms with Gasteiger partial charge in [0.1, 0.15) is 6.04 Å². The minimum absolute atomic E-state index is 0.130. The first kappa shape index (κ1) is 12.3. The first-order valence-electron chi connectivity index (χ1n) is 3.76. The summed E-state index contributed by atoms with van der Waals surface area (Å²) in [4.78, 5) is 10.4. The lowest BCUT2D eigenvalue weighted by Gasteiger charge is -2.11. The topological polar surface area (TPSA) is 104 Å². The molecule has 0 aromatic heterocycles. The SMILES string of the molecule is CCS(=O)(=O)N[C@H](CCO)C(=O)O. The molecule has 78 valence electrons. The van der Waals surface area contributed by atoms with Crippen molar-refractivity contribution in [2.75, 3.05) is 12.4 Å². The summed E-state index contributed by atoms with van der Waals surface area (Å²) >= 11 is 0. The third kappa shape index (κ3) is 4.81. The quantitative estimate of drug-likeness (QED) is 0.510. The fraction of sp³-hybridized carbons (Fsp3) is 0.833. The molecule has 0 aliphatic carbocycles. The fourth-order valence-corrected chi connectivity index (χ4v) is 1.48. The van der Waals surface area contributed by atoms with Gasteiger partial charge in [0.25, 0.3) is 0 Å². The third-order valence-electron chi connectivity index (χ3n) is 1.42. The molecule has 0 aliphatic heterocycles. The van der Waals surface area contributed by atoms with Crippen molar-refractivity contribution in [3.8, 4) is 0 Å². The maximum absolute atomic E-state index is 10.9. The minimum Gasteiger partial charge on any atom is -0.480 e. The normalized spacial score (nSPS) is 14.0. The summed E-state index contributed by atoms with van der Waals surface area (Å²) in [6.07, 6.45) is -0.130. The fourth-order valence-electron chi connectivity index (χ4n) is 0.662. The highest BCUT2D eigenvalue weighted by molar-refractivity contribution is 7.89. The van der Waals surface area contributed by atoms with Crippen molar-refractivity contribution in [3.05, 3.63) is 0 Å². The standard InChI is InChI=1S/C6H13NO5S/c1-2-13(11,12)7-5(3-4-8)6(9)10/h5,7-8H,2-4H2,1H3,(H,9,10)/t5-/m1/s1. The van der Waals surface area contributed by atoms with Gasteiger partial charge in [0.2, 0.25) is 10.0 Å². The molecule has 0 radical (unpaired) electrons. The Hall–Kier alpha value is -0.660. The van der Waals surface area contributed by atoms with Crippen LogP contribution in [0.25, 0.3) is 0 Å². The Bertz CT molecular complexity index is 260. The second-order valence-electron chi connectivity index (χ2n) is 2.42. The Morgan fingerprint density at radius 3 is 2.38 bits per heavy atom. The van der Waals surface area contributed by atoms with Gasteiger partial charge in [-0.25, -0.2) is 13.1 Å². The van der Waals surface area contributed by atoms with E-state index in [2.05, 4.69) is 0 Å². The number of hydrogen-bond donors (Lipinski definition) is 3. The van der Waals surface area contributed by atoms with Crippen LogP contribution in [0.15, 0.2) is 0 Å². The second kappa shape index (κ2) is 5.15. The number of carboxylic acids is 1. The number of aliphatic hydroxyl groups is 1. The maximum atomic E-state index is 10.9. The molecule has 6 nitrogen and oxygen atoms in total. The van der Waals surface area contributed by atoms with Crippen molar-refractivity contribution in [3.63, 3.8) is 0 Å². The van der Waals surface area contributed by atoms with Gasteiger partial charge >= 0.3 is 5.97 Å². The van der Waals surface area contributed by atoms with Crippen LogP contribution in [0.5, 0.6) is 0 Å². The Kier molecular flexibility index (Phi) is 4.89. The van der Waals surface area contributed by atoms with Crippen molar-refractivity contribution in [1.29, 1.82) is 0 Å². The number of nitrogens with one attached hydrogen (secondary N) is 1. The van der Waals surface area contributed by atoms with Crippen LogP contribution >= 0.6 is 0 Å². The van der Waals surface area contributed by atoms with Gasteiger partial charge in [-0.15, -0.1) is 0 Å². The summed E-state index contributed by atoms with van der Waals surface area (Å²) in [5.41, 5.74) is 0. The molecule has 0 aromatic rings. The molecule has 13 heavy (non-hydrogen) atoms. The van der Waals surface area contributed by atoms with Crippen molar-refractivity contribution >= 4 is 16.0 Å². The average molecular weight is 211 g/mol. The van der Waals surface area contributed by atoms with E-state index in [4.69, 9.17) is 10.2 Å². The van der Waals surface area contributed by atoms with E-state index in [0.29, 0.717) is 0 Å². The van der Waals surface area contributed by atoms with Gasteiger partial charge in [0, 0.05) is 6.61 Å². The largest absolute Gasteiger partial charge is 0.480 e. The number of aliphatic carboxylic acids is 1. The van der Waals surface area contributed by atoms with Gasteiger partial charge in [-0.2, -0.15) is 0 Å². The zero-order valence-corrected chi connectivity index (χ0v) is 8.04. The molecule has 0 heterocycles. The van der Waals surface area contributed by atoms with Gasteiger partial charge in [0.15, 0.2) is 0 Å². The molecule has 0 fully saturated rings. The first-order valence-corrected chi connectivity index (χ1v) is 5.42. The molecule has 3 N–H and O–H groups in total. The van der Waals surface area contributed by atoms with Crippen LogP contribution in [0.1, 0.15) is 13.3 Å². The van der Waals surface area contributed by atoms with Crippen LogP contribution in [-0.2, 0) is 14.8 Å². The zero-order chi connectivity index (χ0) is 10.5. The Morgan fingerprint density at radius 1 is 1.54 bits per heavy atom. The summed E-state index contributed by atoms with van der Waals surface area (Å²) < 4.78 is 23.8. The highest BCUT2D eigenvalue weighted by atomic mass is 32.2. The lowest BCUT2D eigenvalue weighted by molar-refractivity contribution is -0.139. The number of carbonyl (C=O) groups is 1. The molecule has 0 unspecified atom stereocenters. The molecular weight excluding hydrogens is 198 g/mol. The Balaban J connectivity index is 4.35. The zero-order valence-electron chi connectivity index (χ0n) is 7.23. The average Bonchev–Trinajstić information content (AvgIpc) is 2.03. The Labute approximate surface area is 76.6 Å². The minimum atomic E-state index is -3.53. The number of aliphatic hydroxyl groups excluding tert-OH is 1. The lowest BCUT2D eigenvalue weighted by atomic mass is 10.2. The first-order chi connectivity index (χ1) is 5.93. The Morgan fingerprint density at radius 2 is 2.08 bits per heavy atom. The predicted molar refractivity (Wildman–Crippen MR) is 45.7 cm³/mol. The predicted octanol–water partition coefficient (Wildman–Crippen LogP) is -1.24. The van der Waals surface area contributed by atoms with Crippen LogP contribution in [0.3, 0.4) is 0 Å². The van der Waals surface area contributed by atoms with Crippen LogP contribution in [-0.4, -0.2) is 43.0 Å². The lowest BCUT2D eigenvalue weighted by Crippen LogP contribution is -2.41. The summed E-state index contributed by atoms with van der Waals surface area (Å²) in [7, 11) is -3.53. The van der Waals surface area contributed by atoms with Crippen LogP contribution in [0.4, 0.5) is 0 Å². The van der Waals surface area contributed by atoms with Gasteiger partial charge in [0.05, 0.1) is 5.75 Å². The van der Waals surface area contributed by atoms with E-state index in [9.17, 15) is 13.2 Å². The maximum Gasteiger partial charge on any atom is 0.321 e. The monoisotopic (exact) mass is 211 g/mol. The number of sulfonamides is 1. The van der Waals surface area contributed by atoms with Crippen LogP contribution < -0.4 is 4.72 Å². The van der Waals surface area contributed by atoms with Gasteiger partial charge < -0.3 is 10.2 Å². The molecule has 0 bridgehead atoms. The molecule has 0 spiro atoms. The van der Waals surface area contributed by atoms with Crippen molar-refractivity contribution < 1.29 is 23.4 Å². The van der Waals surface area contributed by atoms with Crippen LogP contribution in [0, 0.1) is 0 Å². The van der Waals surface area contributed by atoms with E-state index in [1.807, 2.05) is 4.72 Å². The molecular formula is C6H13NO5S. The molecule has 0 saturated heterocycles. The summed E-state index contributed by atoms with van der Waals surface area (Å²) in [5.74, 6) is -1.46. The van der Waals surface area contributed by atoms with Crippen molar-refractivity contribution in [2.45, 2.75) is 19.4 Å². The molecule has 0 aromatic carbocycles. The molecule has 0 aliphatic rings. The summed E-state index contributed by atoms with van der Waals surface area (Å²) in [6.45, 7) is 1.03. The molecule has 0 rings (SSSR count). The van der Waals surface area contributed by atoms with E-state index in [-0.39, 0.29) is 18.8 Å². The third-order valence-corrected chi connectivity index (χ3v) is 2.82. The van der Waals surface area contributed by atoms with E-state index in [1.54, 1.807) is 0 Å². The second-order valence-corrected chi connectivity index (χ2v) is 4.47. The molecule has 0 amide bonds. The van der Waals surface area contributed by atoms with Crippen molar-refractivity contribution in [2.24, 2.45) is 0 Å². The van der Waals surface area contributed by atoms with E-state index in [0.717, 1.165) is 0 Å². The highest BCUT2D eigenvalue weighted by Crippen LogP contribution is 1.95. The number of carboxylic acid groups (broad SMARTS) is 1. The van der Waals surface area contributed by atoms with E-state index >= 15 is 0 Å². The number of hydrogen-bond acceptors (Lipinski definition) is 4. The van der Waals surface area contributed by atoms with Gasteiger partial charge in [-0.1, -0.05) is 0 Å². The van der Waals surface area contributed by atoms with Crippen LogP contribution in [0.2, 0.25) is 0 Å². The smallest absolute Gasteiger partial charge is 0.321 e. The van der Waals surface area contributed by atoms with E-state index < -0.39 is 22.0 Å². The highest BCUT2D eigenvalue weighted by Gasteiger charge is 2.21. The van der Waals surface area contributed by atoms with E-state index in [1.165, 1.54) is 6.92 Å². The summed E-state index contributed by atoms with van der Waals surface area (Å²) in [6, 6.07) is -1.24. The number of rotatable bonds is 6. The van der Waals surface area contributed by atoms with Gasteiger partial charge in [-0.3, -0.25) is 4.79 Å². The molecule has 1 atom stereocenters.